The molecule has 1 heterocycles. The molecule has 100 valence electrons. The van der Waals surface area contributed by atoms with Crippen molar-refractivity contribution >= 4 is 17.3 Å². The molecule has 18 heavy (non-hydrogen) atoms. The molecule has 0 aromatic heterocycles. The van der Waals surface area contributed by atoms with Crippen molar-refractivity contribution in [1.82, 2.24) is 9.80 Å². The van der Waals surface area contributed by atoms with E-state index in [1.807, 2.05) is 12.1 Å². The molecule has 1 aliphatic heterocycles. The Morgan fingerprint density at radius 3 is 2.67 bits per heavy atom. The molecule has 3 nitrogen and oxygen atoms in total. The number of nitrogens with two attached hydrogens (primary N) is 1. The molecule has 0 atom stereocenters. The highest BCUT2D eigenvalue weighted by Gasteiger charge is 2.20. The van der Waals surface area contributed by atoms with Crippen LogP contribution >= 0.6 is 11.6 Å². The van der Waals surface area contributed by atoms with Crippen LogP contribution in [0.15, 0.2) is 18.2 Å². The van der Waals surface area contributed by atoms with Gasteiger partial charge >= 0.3 is 0 Å². The van der Waals surface area contributed by atoms with Crippen LogP contribution < -0.4 is 5.73 Å². The summed E-state index contributed by atoms with van der Waals surface area (Å²) in [5.41, 5.74) is 7.74. The highest BCUT2D eigenvalue weighted by atomic mass is 35.5. The van der Waals surface area contributed by atoms with Crippen LogP contribution in [0.3, 0.4) is 0 Å². The number of hydrogen-bond acceptors (Lipinski definition) is 3. The molecule has 1 aromatic rings. The molecule has 0 unspecified atom stereocenters. The van der Waals surface area contributed by atoms with Gasteiger partial charge in [-0.25, -0.2) is 0 Å². The number of benzene rings is 1. The zero-order valence-corrected chi connectivity index (χ0v) is 12.0. The molecule has 4 heteroatoms. The van der Waals surface area contributed by atoms with E-state index in [0.29, 0.717) is 16.8 Å². The van der Waals surface area contributed by atoms with Crippen molar-refractivity contribution in [3.8, 4) is 0 Å². The van der Waals surface area contributed by atoms with Crippen molar-refractivity contribution in [3.63, 3.8) is 0 Å². The SMILES string of the molecule is CN1CCC(N(C)Cc2ccc(Cl)c(N)c2)CC1. The fraction of sp³-hybridized carbons (Fsp3) is 0.571. The van der Waals surface area contributed by atoms with Gasteiger partial charge in [0.05, 0.1) is 10.7 Å². The first-order valence-electron chi connectivity index (χ1n) is 6.49. The number of nitrogen functional groups attached to an aromatic ring is 1. The summed E-state index contributed by atoms with van der Waals surface area (Å²) < 4.78 is 0. The summed E-state index contributed by atoms with van der Waals surface area (Å²) in [6.45, 7) is 3.32. The van der Waals surface area contributed by atoms with Gasteiger partial charge in [0.1, 0.15) is 0 Å². The van der Waals surface area contributed by atoms with E-state index in [2.05, 4.69) is 30.0 Å². The maximum atomic E-state index is 5.94. The van der Waals surface area contributed by atoms with Crippen LogP contribution in [0.4, 0.5) is 5.69 Å². The average Bonchev–Trinajstić information content (AvgIpc) is 2.34. The number of likely N-dealkylation sites (tertiary alicyclic amines) is 1. The summed E-state index contributed by atoms with van der Waals surface area (Å²) in [5, 5.41) is 0.640. The van der Waals surface area contributed by atoms with Gasteiger partial charge < -0.3 is 10.6 Å². The summed E-state index contributed by atoms with van der Waals surface area (Å²) in [4.78, 5) is 4.82. The van der Waals surface area contributed by atoms with Crippen LogP contribution in [0, 0.1) is 0 Å². The normalized spacial score (nSPS) is 18.4. The molecule has 0 radical (unpaired) electrons. The van der Waals surface area contributed by atoms with Crippen molar-refractivity contribution in [3.05, 3.63) is 28.8 Å². The van der Waals surface area contributed by atoms with Crippen molar-refractivity contribution in [2.75, 3.05) is 32.9 Å². The fourth-order valence-corrected chi connectivity index (χ4v) is 2.66. The number of nitrogens with zero attached hydrogens (tertiary/aromatic N) is 2. The van der Waals surface area contributed by atoms with Gasteiger partial charge in [0.2, 0.25) is 0 Å². The van der Waals surface area contributed by atoms with E-state index >= 15 is 0 Å². The predicted octanol–water partition coefficient (Wildman–Crippen LogP) is 2.45. The van der Waals surface area contributed by atoms with Gasteiger partial charge in [-0.15, -0.1) is 0 Å². The zero-order chi connectivity index (χ0) is 13.1. The molecule has 0 aliphatic carbocycles. The van der Waals surface area contributed by atoms with Gasteiger partial charge in [0.25, 0.3) is 0 Å². The topological polar surface area (TPSA) is 32.5 Å². The lowest BCUT2D eigenvalue weighted by atomic mass is 10.0. The van der Waals surface area contributed by atoms with Gasteiger partial charge in [0, 0.05) is 12.6 Å². The highest BCUT2D eigenvalue weighted by Crippen LogP contribution is 2.22. The van der Waals surface area contributed by atoms with Crippen LogP contribution in [0.1, 0.15) is 18.4 Å². The van der Waals surface area contributed by atoms with Crippen molar-refractivity contribution in [2.24, 2.45) is 0 Å². The Morgan fingerprint density at radius 1 is 1.39 bits per heavy atom. The molecule has 1 saturated heterocycles. The Morgan fingerprint density at radius 2 is 2.06 bits per heavy atom. The summed E-state index contributed by atoms with van der Waals surface area (Å²) in [5.74, 6) is 0. The Balaban J connectivity index is 1.94. The van der Waals surface area contributed by atoms with Crippen molar-refractivity contribution < 1.29 is 0 Å². The number of halogens is 1. The second kappa shape index (κ2) is 5.91. The Bertz CT molecular complexity index is 400. The lowest BCUT2D eigenvalue weighted by Gasteiger charge is -2.35. The largest absolute Gasteiger partial charge is 0.398 e. The maximum absolute atomic E-state index is 5.94. The van der Waals surface area contributed by atoms with Gasteiger partial charge in [0.15, 0.2) is 0 Å². The highest BCUT2D eigenvalue weighted by molar-refractivity contribution is 6.33. The number of hydrogen-bond donors (Lipinski definition) is 1. The smallest absolute Gasteiger partial charge is 0.0635 e. The van der Waals surface area contributed by atoms with Gasteiger partial charge in [-0.2, -0.15) is 0 Å². The molecule has 0 bridgehead atoms. The third-order valence-electron chi connectivity index (χ3n) is 3.80. The minimum Gasteiger partial charge on any atom is -0.398 e. The summed E-state index contributed by atoms with van der Waals surface area (Å²) in [6, 6.07) is 6.60. The van der Waals surface area contributed by atoms with Crippen molar-refractivity contribution in [1.29, 1.82) is 0 Å². The maximum Gasteiger partial charge on any atom is 0.0635 e. The first kappa shape index (κ1) is 13.7. The molecular formula is C14H22ClN3. The predicted molar refractivity (Wildman–Crippen MR) is 77.9 cm³/mol. The summed E-state index contributed by atoms with van der Waals surface area (Å²) >= 11 is 5.94. The fourth-order valence-electron chi connectivity index (χ4n) is 2.54. The monoisotopic (exact) mass is 267 g/mol. The molecule has 2 N–H and O–H groups in total. The number of rotatable bonds is 3. The first-order chi connectivity index (χ1) is 8.56. The molecule has 2 rings (SSSR count). The second-order valence-corrected chi connectivity index (χ2v) is 5.71. The third-order valence-corrected chi connectivity index (χ3v) is 4.15. The third kappa shape index (κ3) is 3.37. The van der Waals surface area contributed by atoms with Crippen LogP contribution in [0.2, 0.25) is 5.02 Å². The van der Waals surface area contributed by atoms with E-state index in [-0.39, 0.29) is 0 Å². The van der Waals surface area contributed by atoms with E-state index in [9.17, 15) is 0 Å². The van der Waals surface area contributed by atoms with Crippen molar-refractivity contribution in [2.45, 2.75) is 25.4 Å². The number of anilines is 1. The minimum atomic E-state index is 0.640. The van der Waals surface area contributed by atoms with Gasteiger partial charge in [-0.05, 0) is 57.7 Å². The summed E-state index contributed by atoms with van der Waals surface area (Å²) in [7, 11) is 4.39. The van der Waals surface area contributed by atoms with Crippen LogP contribution in [-0.4, -0.2) is 43.0 Å². The zero-order valence-electron chi connectivity index (χ0n) is 11.2. The lowest BCUT2D eigenvalue weighted by molar-refractivity contribution is 0.139. The van der Waals surface area contributed by atoms with Crippen LogP contribution in [0.5, 0.6) is 0 Å². The Kier molecular flexibility index (Phi) is 4.49. The van der Waals surface area contributed by atoms with Crippen LogP contribution in [-0.2, 0) is 6.54 Å². The van der Waals surface area contributed by atoms with E-state index in [4.69, 9.17) is 17.3 Å². The minimum absolute atomic E-state index is 0.640. The van der Waals surface area contributed by atoms with E-state index < -0.39 is 0 Å². The molecule has 0 amide bonds. The van der Waals surface area contributed by atoms with Crippen LogP contribution in [0.25, 0.3) is 0 Å². The number of piperidine rings is 1. The van der Waals surface area contributed by atoms with E-state index in [0.717, 1.165) is 6.54 Å². The quantitative estimate of drug-likeness (QED) is 0.854. The molecule has 1 aromatic carbocycles. The lowest BCUT2D eigenvalue weighted by Crippen LogP contribution is -2.41. The Labute approximate surface area is 115 Å². The van der Waals surface area contributed by atoms with E-state index in [1.54, 1.807) is 0 Å². The second-order valence-electron chi connectivity index (χ2n) is 5.31. The van der Waals surface area contributed by atoms with Gasteiger partial charge in [-0.1, -0.05) is 17.7 Å². The molecule has 0 spiro atoms. The summed E-state index contributed by atoms with van der Waals surface area (Å²) in [6.07, 6.45) is 2.49. The standard InChI is InChI=1S/C14H22ClN3/c1-17-7-5-12(6-8-17)18(2)10-11-3-4-13(15)14(16)9-11/h3-4,9,12H,5-8,10,16H2,1-2H3. The molecular weight excluding hydrogens is 246 g/mol. The Hall–Kier alpha value is -0.770. The van der Waals surface area contributed by atoms with Gasteiger partial charge in [-0.3, -0.25) is 4.90 Å². The molecule has 0 saturated carbocycles. The molecule has 1 aliphatic rings. The average molecular weight is 268 g/mol. The van der Waals surface area contributed by atoms with E-state index in [1.165, 1.54) is 31.5 Å². The first-order valence-corrected chi connectivity index (χ1v) is 6.87. The molecule has 1 fully saturated rings.